The number of aromatic amines is 1. The molecule has 0 aromatic carbocycles. The van der Waals surface area contributed by atoms with Gasteiger partial charge in [0, 0.05) is 22.2 Å². The maximum atomic E-state index is 11.8. The van der Waals surface area contributed by atoms with Crippen LogP contribution < -0.4 is 5.56 Å². The maximum absolute atomic E-state index is 11.8. The van der Waals surface area contributed by atoms with E-state index in [9.17, 15) is 9.59 Å². The van der Waals surface area contributed by atoms with Gasteiger partial charge in [-0.15, -0.1) is 0 Å². The number of nitrogens with one attached hydrogen (secondary N) is 1. The highest BCUT2D eigenvalue weighted by atomic mass is 32.1. The highest BCUT2D eigenvalue weighted by Gasteiger charge is 2.11. The third-order valence-electron chi connectivity index (χ3n) is 2.58. The molecule has 84 valence electrons. The van der Waals surface area contributed by atoms with Gasteiger partial charge < -0.3 is 0 Å². The van der Waals surface area contributed by atoms with Crippen molar-refractivity contribution in [3.8, 4) is 0 Å². The number of rotatable bonds is 3. The summed E-state index contributed by atoms with van der Waals surface area (Å²) in [7, 11) is 0. The quantitative estimate of drug-likeness (QED) is 0.825. The molecule has 0 spiro atoms. The van der Waals surface area contributed by atoms with Gasteiger partial charge in [0.25, 0.3) is 5.56 Å². The zero-order valence-corrected chi connectivity index (χ0v) is 9.93. The van der Waals surface area contributed by atoms with Crippen molar-refractivity contribution in [1.29, 1.82) is 0 Å². The minimum absolute atomic E-state index is 0.0513. The number of ketones is 1. The maximum Gasteiger partial charge on any atom is 0.270 e. The van der Waals surface area contributed by atoms with Gasteiger partial charge in [-0.2, -0.15) is 11.3 Å². The normalized spacial score (nSPS) is 10.6. The van der Waals surface area contributed by atoms with Crippen molar-refractivity contribution in [1.82, 2.24) is 9.78 Å². The van der Waals surface area contributed by atoms with Gasteiger partial charge in [0.05, 0.1) is 0 Å². The number of aromatic nitrogens is 2. The van der Waals surface area contributed by atoms with Gasteiger partial charge in [0.1, 0.15) is 6.54 Å². The topological polar surface area (TPSA) is 54.9 Å². The number of carbonyl (C=O) groups excluding carboxylic acids is 1. The second-order valence-corrected chi connectivity index (χ2v) is 4.47. The average molecular weight is 236 g/mol. The number of aryl methyl sites for hydroxylation is 1. The van der Waals surface area contributed by atoms with E-state index in [1.54, 1.807) is 18.4 Å². The molecule has 0 amide bonds. The number of Topliss-reactive ketones (excluding diaryl/α,β-unsaturated/α-hetero) is 1. The Hall–Kier alpha value is -1.62. The molecule has 0 aliphatic carbocycles. The lowest BCUT2D eigenvalue weighted by Crippen LogP contribution is -2.22. The first-order valence-corrected chi connectivity index (χ1v) is 5.85. The lowest BCUT2D eigenvalue weighted by molar-refractivity contribution is 0.0967. The summed E-state index contributed by atoms with van der Waals surface area (Å²) < 4.78 is 1.35. The summed E-state index contributed by atoms with van der Waals surface area (Å²) in [6, 6.07) is 1.76. The zero-order valence-electron chi connectivity index (χ0n) is 9.11. The Kier molecular flexibility index (Phi) is 2.78. The minimum atomic E-state index is -0.124. The summed E-state index contributed by atoms with van der Waals surface area (Å²) in [4.78, 5) is 23.5. The summed E-state index contributed by atoms with van der Waals surface area (Å²) in [5, 5.41) is 6.53. The van der Waals surface area contributed by atoms with Crippen LogP contribution in [0, 0.1) is 13.8 Å². The molecule has 4 nitrogen and oxygen atoms in total. The van der Waals surface area contributed by atoms with Crippen molar-refractivity contribution >= 4 is 17.1 Å². The smallest absolute Gasteiger partial charge is 0.270 e. The third-order valence-corrected chi connectivity index (χ3v) is 3.26. The van der Waals surface area contributed by atoms with Crippen LogP contribution in [0.3, 0.4) is 0 Å². The van der Waals surface area contributed by atoms with Crippen molar-refractivity contribution in [3.05, 3.63) is 44.0 Å². The molecule has 0 aliphatic rings. The molecule has 2 heterocycles. The van der Waals surface area contributed by atoms with E-state index >= 15 is 0 Å². The van der Waals surface area contributed by atoms with E-state index in [2.05, 4.69) is 5.10 Å². The van der Waals surface area contributed by atoms with Crippen molar-refractivity contribution in [2.24, 2.45) is 0 Å². The Labute approximate surface area is 96.5 Å². The molecule has 5 heteroatoms. The van der Waals surface area contributed by atoms with Crippen LogP contribution in [0.4, 0.5) is 0 Å². The molecule has 0 saturated heterocycles. The van der Waals surface area contributed by atoms with Crippen LogP contribution in [-0.4, -0.2) is 15.6 Å². The van der Waals surface area contributed by atoms with Gasteiger partial charge in [-0.3, -0.25) is 14.7 Å². The van der Waals surface area contributed by atoms with E-state index in [-0.39, 0.29) is 17.9 Å². The van der Waals surface area contributed by atoms with Gasteiger partial charge in [-0.1, -0.05) is 0 Å². The predicted molar refractivity (Wildman–Crippen MR) is 63.2 cm³/mol. The Bertz CT molecular complexity index is 563. The molecule has 1 N–H and O–H groups in total. The number of hydrogen-bond donors (Lipinski definition) is 1. The first-order chi connectivity index (χ1) is 7.59. The largest absolute Gasteiger partial charge is 0.299 e. The number of hydrogen-bond acceptors (Lipinski definition) is 3. The standard InChI is InChI=1S/C11H12N2O2S/c1-7-8(2)12-13(11(7)15)5-10(14)9-3-4-16-6-9/h3-4,6,12H,5H2,1-2H3. The van der Waals surface area contributed by atoms with Crippen LogP contribution in [0.1, 0.15) is 21.6 Å². The zero-order chi connectivity index (χ0) is 11.7. The Morgan fingerprint density at radius 2 is 2.25 bits per heavy atom. The van der Waals surface area contributed by atoms with Crippen LogP contribution in [0.2, 0.25) is 0 Å². The van der Waals surface area contributed by atoms with E-state index in [1.165, 1.54) is 16.0 Å². The monoisotopic (exact) mass is 236 g/mol. The fraction of sp³-hybridized carbons (Fsp3) is 0.273. The lowest BCUT2D eigenvalue weighted by atomic mass is 10.2. The van der Waals surface area contributed by atoms with Crippen LogP contribution in [0.15, 0.2) is 21.6 Å². The predicted octanol–water partition coefficient (Wildman–Crippen LogP) is 1.74. The number of H-pyrrole nitrogens is 1. The summed E-state index contributed by atoms with van der Waals surface area (Å²) in [6.07, 6.45) is 0. The molecule has 0 atom stereocenters. The Balaban J connectivity index is 2.25. The van der Waals surface area contributed by atoms with Gasteiger partial charge in [0.2, 0.25) is 0 Å². The van der Waals surface area contributed by atoms with E-state index in [0.717, 1.165) is 5.69 Å². The fourth-order valence-electron chi connectivity index (χ4n) is 1.47. The second kappa shape index (κ2) is 4.09. The summed E-state index contributed by atoms with van der Waals surface area (Å²) in [6.45, 7) is 3.65. The van der Waals surface area contributed by atoms with Crippen LogP contribution in [-0.2, 0) is 6.54 Å². The van der Waals surface area contributed by atoms with E-state index in [4.69, 9.17) is 0 Å². The van der Waals surface area contributed by atoms with Crippen LogP contribution >= 0.6 is 11.3 Å². The van der Waals surface area contributed by atoms with Crippen molar-refractivity contribution in [2.45, 2.75) is 20.4 Å². The lowest BCUT2D eigenvalue weighted by Gasteiger charge is -1.99. The third kappa shape index (κ3) is 1.86. The fourth-order valence-corrected chi connectivity index (χ4v) is 2.13. The van der Waals surface area contributed by atoms with Crippen molar-refractivity contribution in [2.75, 3.05) is 0 Å². The van der Waals surface area contributed by atoms with Gasteiger partial charge in [0.15, 0.2) is 5.78 Å². The first-order valence-electron chi connectivity index (χ1n) is 4.91. The Morgan fingerprint density at radius 1 is 1.50 bits per heavy atom. The van der Waals surface area contributed by atoms with E-state index < -0.39 is 0 Å². The molecule has 0 bridgehead atoms. The molecular weight excluding hydrogens is 224 g/mol. The number of nitrogens with zero attached hydrogens (tertiary/aromatic N) is 1. The molecule has 2 aromatic rings. The molecule has 2 aromatic heterocycles. The molecule has 0 unspecified atom stereocenters. The average Bonchev–Trinajstić information content (AvgIpc) is 2.85. The van der Waals surface area contributed by atoms with Crippen LogP contribution in [0.25, 0.3) is 0 Å². The van der Waals surface area contributed by atoms with Crippen LogP contribution in [0.5, 0.6) is 0 Å². The summed E-state index contributed by atoms with van der Waals surface area (Å²) in [5.41, 5.74) is 2.00. The SMILES string of the molecule is Cc1[nH]n(CC(=O)c2ccsc2)c(=O)c1C. The number of thiophene rings is 1. The van der Waals surface area contributed by atoms with Gasteiger partial charge in [-0.25, -0.2) is 4.68 Å². The second-order valence-electron chi connectivity index (χ2n) is 3.69. The molecule has 2 rings (SSSR count). The van der Waals surface area contributed by atoms with Gasteiger partial charge >= 0.3 is 0 Å². The van der Waals surface area contributed by atoms with Crippen molar-refractivity contribution in [3.63, 3.8) is 0 Å². The van der Waals surface area contributed by atoms with Crippen molar-refractivity contribution < 1.29 is 4.79 Å². The van der Waals surface area contributed by atoms with E-state index in [0.29, 0.717) is 11.1 Å². The minimum Gasteiger partial charge on any atom is -0.299 e. The molecular formula is C11H12N2O2S. The molecule has 0 fully saturated rings. The molecule has 0 radical (unpaired) electrons. The Morgan fingerprint density at radius 3 is 2.75 bits per heavy atom. The van der Waals surface area contributed by atoms with Gasteiger partial charge in [-0.05, 0) is 25.3 Å². The molecule has 0 aliphatic heterocycles. The molecule has 0 saturated carbocycles. The number of carbonyl (C=O) groups is 1. The van der Waals surface area contributed by atoms with E-state index in [1.807, 2.05) is 12.3 Å². The summed E-state index contributed by atoms with van der Waals surface area (Å²) >= 11 is 1.47. The summed E-state index contributed by atoms with van der Waals surface area (Å²) in [5.74, 6) is -0.0513. The highest BCUT2D eigenvalue weighted by molar-refractivity contribution is 7.08. The highest BCUT2D eigenvalue weighted by Crippen LogP contribution is 2.07. The first kappa shape index (κ1) is 10.9. The molecule has 16 heavy (non-hydrogen) atoms.